The third-order valence-corrected chi connectivity index (χ3v) is 1.84. The number of benzene rings is 1. The molecule has 1 N–H and O–H groups in total. The molecule has 0 aliphatic heterocycles. The van der Waals surface area contributed by atoms with E-state index in [0.717, 1.165) is 6.07 Å². The summed E-state index contributed by atoms with van der Waals surface area (Å²) in [6, 6.07) is 1.21. The summed E-state index contributed by atoms with van der Waals surface area (Å²) in [5.74, 6) is -2.73. The summed E-state index contributed by atoms with van der Waals surface area (Å²) in [6.45, 7) is 0. The Kier molecular flexibility index (Phi) is 2.89. The van der Waals surface area contributed by atoms with Crippen LogP contribution in [0.2, 0.25) is 0 Å². The van der Waals surface area contributed by atoms with Gasteiger partial charge in [0, 0.05) is 12.1 Å². The average Bonchev–Trinajstić information content (AvgIpc) is 1.97. The van der Waals surface area contributed by atoms with E-state index in [1.165, 1.54) is 0 Å². The number of ether oxygens (including phenoxy) is 1. The lowest BCUT2D eigenvalue weighted by molar-refractivity contribution is -0.275. The smallest absolute Gasteiger partial charge is 0.504 e. The number of phenols is 1. The third kappa shape index (κ3) is 2.76. The molecule has 0 heterocycles. The predicted octanol–water partition coefficient (Wildman–Crippen LogP) is 3.19. The molecule has 0 radical (unpaired) electrons. The van der Waals surface area contributed by atoms with Gasteiger partial charge in [0.25, 0.3) is 0 Å². The van der Waals surface area contributed by atoms with Crippen LogP contribution >= 0.6 is 15.9 Å². The number of halogens is 5. The van der Waals surface area contributed by atoms with Gasteiger partial charge in [-0.15, -0.1) is 13.2 Å². The Morgan fingerprint density at radius 3 is 2.36 bits per heavy atom. The summed E-state index contributed by atoms with van der Waals surface area (Å²) in [7, 11) is 0. The molecule has 7 heteroatoms. The third-order valence-electron chi connectivity index (χ3n) is 1.23. The standard InChI is InChI=1S/C7H3BrF4O2/c8-3-1-5(13)6(2-4(3)9)14-7(10,11)12/h1-2,13H. The van der Waals surface area contributed by atoms with E-state index in [4.69, 9.17) is 5.11 Å². The minimum atomic E-state index is -4.96. The molecular weight excluding hydrogens is 272 g/mol. The van der Waals surface area contributed by atoms with Crippen LogP contribution in [0.1, 0.15) is 0 Å². The van der Waals surface area contributed by atoms with E-state index in [1.807, 2.05) is 0 Å². The molecule has 0 amide bonds. The maximum Gasteiger partial charge on any atom is 0.573 e. The van der Waals surface area contributed by atoms with E-state index >= 15 is 0 Å². The first-order valence-corrected chi connectivity index (χ1v) is 4.02. The fraction of sp³-hybridized carbons (Fsp3) is 0.143. The molecule has 0 fully saturated rings. The molecule has 0 saturated carbocycles. The van der Waals surface area contributed by atoms with Gasteiger partial charge in [0.15, 0.2) is 11.5 Å². The van der Waals surface area contributed by atoms with E-state index in [0.29, 0.717) is 6.07 Å². The van der Waals surface area contributed by atoms with Gasteiger partial charge in [-0.05, 0) is 15.9 Å². The van der Waals surface area contributed by atoms with Crippen molar-refractivity contribution in [3.63, 3.8) is 0 Å². The lowest BCUT2D eigenvalue weighted by atomic mass is 10.3. The second kappa shape index (κ2) is 3.64. The second-order valence-corrected chi connectivity index (χ2v) is 3.14. The largest absolute Gasteiger partial charge is 0.573 e. The molecule has 0 bridgehead atoms. The fourth-order valence-corrected chi connectivity index (χ4v) is 1.06. The van der Waals surface area contributed by atoms with Crippen molar-refractivity contribution in [3.05, 3.63) is 22.4 Å². The molecule has 1 aromatic carbocycles. The normalized spacial score (nSPS) is 11.5. The molecule has 14 heavy (non-hydrogen) atoms. The molecule has 0 aliphatic carbocycles. The van der Waals surface area contributed by atoms with Crippen molar-refractivity contribution in [2.45, 2.75) is 6.36 Å². The Labute approximate surface area is 84.2 Å². The molecule has 0 aromatic heterocycles. The van der Waals surface area contributed by atoms with Crippen LogP contribution in [0.5, 0.6) is 11.5 Å². The van der Waals surface area contributed by atoms with Gasteiger partial charge < -0.3 is 9.84 Å². The second-order valence-electron chi connectivity index (χ2n) is 2.28. The zero-order valence-corrected chi connectivity index (χ0v) is 7.99. The van der Waals surface area contributed by atoms with Crippen LogP contribution in [0.25, 0.3) is 0 Å². The number of hydrogen-bond donors (Lipinski definition) is 1. The lowest BCUT2D eigenvalue weighted by Gasteiger charge is -2.10. The molecule has 0 atom stereocenters. The molecule has 1 rings (SSSR count). The Morgan fingerprint density at radius 2 is 1.86 bits per heavy atom. The highest BCUT2D eigenvalue weighted by Gasteiger charge is 2.32. The summed E-state index contributed by atoms with van der Waals surface area (Å²) >= 11 is 2.69. The summed E-state index contributed by atoms with van der Waals surface area (Å²) < 4.78 is 51.0. The molecule has 1 aromatic rings. The minimum Gasteiger partial charge on any atom is -0.504 e. The van der Waals surface area contributed by atoms with Crippen molar-refractivity contribution in [3.8, 4) is 11.5 Å². The molecular formula is C7H3BrF4O2. The van der Waals surface area contributed by atoms with Gasteiger partial charge in [0.2, 0.25) is 0 Å². The van der Waals surface area contributed by atoms with Crippen LogP contribution in [-0.4, -0.2) is 11.5 Å². The fourth-order valence-electron chi connectivity index (χ4n) is 0.725. The van der Waals surface area contributed by atoms with Crippen molar-refractivity contribution < 1.29 is 27.4 Å². The van der Waals surface area contributed by atoms with Crippen molar-refractivity contribution >= 4 is 15.9 Å². The van der Waals surface area contributed by atoms with Gasteiger partial charge in [-0.3, -0.25) is 0 Å². The molecule has 0 spiro atoms. The number of rotatable bonds is 1. The van der Waals surface area contributed by atoms with Crippen LogP contribution in [0.3, 0.4) is 0 Å². The molecule has 78 valence electrons. The van der Waals surface area contributed by atoms with Crippen molar-refractivity contribution in [2.75, 3.05) is 0 Å². The number of alkyl halides is 3. The molecule has 0 aliphatic rings. The first-order chi connectivity index (χ1) is 6.29. The van der Waals surface area contributed by atoms with Gasteiger partial charge in [-0.25, -0.2) is 4.39 Å². The first kappa shape index (κ1) is 11.1. The van der Waals surface area contributed by atoms with Crippen molar-refractivity contribution in [1.29, 1.82) is 0 Å². The van der Waals surface area contributed by atoms with Gasteiger partial charge in [0.1, 0.15) is 5.82 Å². The highest BCUT2D eigenvalue weighted by molar-refractivity contribution is 9.10. The highest BCUT2D eigenvalue weighted by Crippen LogP contribution is 2.34. The van der Waals surface area contributed by atoms with Crippen LogP contribution in [0.15, 0.2) is 16.6 Å². The van der Waals surface area contributed by atoms with E-state index in [9.17, 15) is 17.6 Å². The quantitative estimate of drug-likeness (QED) is 0.797. The van der Waals surface area contributed by atoms with E-state index < -0.39 is 23.7 Å². The van der Waals surface area contributed by atoms with Crippen LogP contribution in [-0.2, 0) is 0 Å². The summed E-state index contributed by atoms with van der Waals surface area (Å²) in [5.41, 5.74) is 0. The van der Waals surface area contributed by atoms with E-state index in [2.05, 4.69) is 20.7 Å². The summed E-state index contributed by atoms with van der Waals surface area (Å²) in [5, 5.41) is 8.96. The van der Waals surface area contributed by atoms with Crippen LogP contribution in [0, 0.1) is 5.82 Å². The molecule has 0 saturated heterocycles. The average molecular weight is 275 g/mol. The topological polar surface area (TPSA) is 29.5 Å². The lowest BCUT2D eigenvalue weighted by Crippen LogP contribution is -2.17. The highest BCUT2D eigenvalue weighted by atomic mass is 79.9. The Bertz CT molecular complexity index is 350. The molecule has 2 nitrogen and oxygen atoms in total. The number of aromatic hydroxyl groups is 1. The Balaban J connectivity index is 3.04. The monoisotopic (exact) mass is 274 g/mol. The predicted molar refractivity (Wildman–Crippen MR) is 42.4 cm³/mol. The van der Waals surface area contributed by atoms with E-state index in [1.54, 1.807) is 0 Å². The van der Waals surface area contributed by atoms with Gasteiger partial charge in [-0.2, -0.15) is 0 Å². The first-order valence-electron chi connectivity index (χ1n) is 3.23. The maximum atomic E-state index is 12.7. The SMILES string of the molecule is Oc1cc(Br)c(F)cc1OC(F)(F)F. The van der Waals surface area contributed by atoms with Crippen molar-refractivity contribution in [1.82, 2.24) is 0 Å². The van der Waals surface area contributed by atoms with Gasteiger partial charge in [-0.1, -0.05) is 0 Å². The zero-order chi connectivity index (χ0) is 10.9. The summed E-state index contributed by atoms with van der Waals surface area (Å²) in [4.78, 5) is 0. The number of phenolic OH excluding ortho intramolecular Hbond substituents is 1. The Hall–Kier alpha value is -0.980. The van der Waals surface area contributed by atoms with Gasteiger partial charge >= 0.3 is 6.36 Å². The van der Waals surface area contributed by atoms with Crippen LogP contribution in [0.4, 0.5) is 17.6 Å². The van der Waals surface area contributed by atoms with Gasteiger partial charge in [0.05, 0.1) is 4.47 Å². The maximum absolute atomic E-state index is 12.7. The zero-order valence-electron chi connectivity index (χ0n) is 6.40. The van der Waals surface area contributed by atoms with Crippen LogP contribution < -0.4 is 4.74 Å². The molecule has 0 unspecified atom stereocenters. The van der Waals surface area contributed by atoms with Crippen molar-refractivity contribution in [2.24, 2.45) is 0 Å². The number of hydrogen-bond acceptors (Lipinski definition) is 2. The summed E-state index contributed by atoms with van der Waals surface area (Å²) in [6.07, 6.45) is -4.96. The van der Waals surface area contributed by atoms with E-state index in [-0.39, 0.29) is 4.47 Å². The minimum absolute atomic E-state index is 0.149. The Morgan fingerprint density at radius 1 is 1.29 bits per heavy atom.